The molecule has 0 unspecified atom stereocenters. The quantitative estimate of drug-likeness (QED) is 0.918. The first kappa shape index (κ1) is 11.4. The Morgan fingerprint density at radius 3 is 2.75 bits per heavy atom. The molecule has 0 saturated heterocycles. The van der Waals surface area contributed by atoms with Crippen LogP contribution in [0.1, 0.15) is 19.5 Å². The van der Waals surface area contributed by atoms with Gasteiger partial charge in [0.15, 0.2) is 0 Å². The normalized spacial score (nSPS) is 10.7. The van der Waals surface area contributed by atoms with Crippen LogP contribution in [0.15, 0.2) is 28.7 Å². The molecular formula is C13H15BrN2. The molecule has 2 nitrogen and oxygen atoms in total. The second-order valence-corrected chi connectivity index (χ2v) is 4.62. The van der Waals surface area contributed by atoms with Crippen molar-refractivity contribution in [3.8, 4) is 0 Å². The van der Waals surface area contributed by atoms with Crippen molar-refractivity contribution in [1.82, 2.24) is 4.98 Å². The lowest BCUT2D eigenvalue weighted by molar-refractivity contribution is 1.05. The van der Waals surface area contributed by atoms with Crippen LogP contribution in [-0.4, -0.2) is 11.5 Å². The molecule has 3 heteroatoms. The monoisotopic (exact) mass is 278 g/mol. The second kappa shape index (κ2) is 4.83. The van der Waals surface area contributed by atoms with Gasteiger partial charge in [-0.1, -0.05) is 22.9 Å². The largest absolute Gasteiger partial charge is 0.385 e. The van der Waals surface area contributed by atoms with Gasteiger partial charge < -0.3 is 5.32 Å². The van der Waals surface area contributed by atoms with Crippen LogP contribution < -0.4 is 5.32 Å². The first-order chi connectivity index (χ1) is 7.74. The molecule has 0 radical (unpaired) electrons. The third-order valence-corrected chi connectivity index (χ3v) is 3.05. The number of fused-ring (bicyclic) bond motifs is 1. The van der Waals surface area contributed by atoms with E-state index in [1.54, 1.807) is 0 Å². The van der Waals surface area contributed by atoms with Crippen molar-refractivity contribution in [2.75, 3.05) is 11.9 Å². The van der Waals surface area contributed by atoms with Crippen molar-refractivity contribution < 1.29 is 0 Å². The number of pyridine rings is 1. The van der Waals surface area contributed by atoms with Gasteiger partial charge in [0.2, 0.25) is 0 Å². The zero-order valence-corrected chi connectivity index (χ0v) is 11.1. The minimum Gasteiger partial charge on any atom is -0.385 e. The van der Waals surface area contributed by atoms with Crippen molar-refractivity contribution in [3.05, 3.63) is 34.4 Å². The Hall–Kier alpha value is -1.09. The molecular weight excluding hydrogens is 264 g/mol. The molecule has 16 heavy (non-hydrogen) atoms. The third kappa shape index (κ3) is 2.19. The number of nitrogens with zero attached hydrogens (tertiary/aromatic N) is 1. The highest BCUT2D eigenvalue weighted by molar-refractivity contribution is 9.10. The summed E-state index contributed by atoms with van der Waals surface area (Å²) in [6, 6.07) is 8.34. The van der Waals surface area contributed by atoms with Crippen LogP contribution in [0.4, 0.5) is 5.69 Å². The molecule has 0 atom stereocenters. The molecule has 84 valence electrons. The number of aromatic nitrogens is 1. The molecule has 0 aliphatic heterocycles. The summed E-state index contributed by atoms with van der Waals surface area (Å²) >= 11 is 3.50. The van der Waals surface area contributed by atoms with Crippen LogP contribution in [-0.2, 0) is 6.42 Å². The Morgan fingerprint density at radius 1 is 1.25 bits per heavy atom. The Labute approximate surface area is 104 Å². The number of benzene rings is 1. The highest BCUT2D eigenvalue weighted by atomic mass is 79.9. The van der Waals surface area contributed by atoms with Gasteiger partial charge >= 0.3 is 0 Å². The minimum absolute atomic E-state index is 0.925. The number of nitrogens with one attached hydrogen (secondary N) is 1. The highest BCUT2D eigenvalue weighted by Crippen LogP contribution is 2.26. The lowest BCUT2D eigenvalue weighted by Gasteiger charge is -2.10. The zero-order valence-electron chi connectivity index (χ0n) is 9.55. The van der Waals surface area contributed by atoms with E-state index in [0.717, 1.165) is 28.6 Å². The van der Waals surface area contributed by atoms with Crippen LogP contribution in [0, 0.1) is 0 Å². The third-order valence-electron chi connectivity index (χ3n) is 2.55. The van der Waals surface area contributed by atoms with Gasteiger partial charge in [0.05, 0.1) is 5.52 Å². The first-order valence-electron chi connectivity index (χ1n) is 5.57. The molecule has 2 rings (SSSR count). The topological polar surface area (TPSA) is 24.9 Å². The van der Waals surface area contributed by atoms with E-state index < -0.39 is 0 Å². The number of rotatable bonds is 3. The summed E-state index contributed by atoms with van der Waals surface area (Å²) in [5.74, 6) is 0. The molecule has 0 bridgehead atoms. The number of aryl methyl sites for hydroxylation is 1. The SMILES string of the molecule is CCNc1cc(CC)nc2ccc(Br)cc12. The summed E-state index contributed by atoms with van der Waals surface area (Å²) in [7, 11) is 0. The van der Waals surface area contributed by atoms with Gasteiger partial charge in [-0.2, -0.15) is 0 Å². The predicted octanol–water partition coefficient (Wildman–Crippen LogP) is 3.99. The standard InChI is InChI=1S/C13H15BrN2/c1-3-10-8-13(15-4-2)11-7-9(14)5-6-12(11)16-10/h5-8H,3-4H2,1-2H3,(H,15,16). The minimum atomic E-state index is 0.925. The van der Waals surface area contributed by atoms with Gasteiger partial charge in [0, 0.05) is 27.8 Å². The van der Waals surface area contributed by atoms with E-state index >= 15 is 0 Å². The molecule has 1 N–H and O–H groups in total. The lowest BCUT2D eigenvalue weighted by atomic mass is 10.1. The van der Waals surface area contributed by atoms with Crippen LogP contribution in [0.2, 0.25) is 0 Å². The van der Waals surface area contributed by atoms with Crippen LogP contribution >= 0.6 is 15.9 Å². The van der Waals surface area contributed by atoms with Crippen LogP contribution in [0.5, 0.6) is 0 Å². The predicted molar refractivity (Wildman–Crippen MR) is 73.0 cm³/mol. The van der Waals surface area contributed by atoms with Crippen molar-refractivity contribution in [2.24, 2.45) is 0 Å². The van der Waals surface area contributed by atoms with Gasteiger partial charge in [-0.15, -0.1) is 0 Å². The Bertz CT molecular complexity index is 509. The summed E-state index contributed by atoms with van der Waals surface area (Å²) in [4.78, 5) is 4.62. The summed E-state index contributed by atoms with van der Waals surface area (Å²) in [6.07, 6.45) is 0.963. The summed E-state index contributed by atoms with van der Waals surface area (Å²) in [6.45, 7) is 5.16. The zero-order chi connectivity index (χ0) is 11.5. The van der Waals surface area contributed by atoms with Crippen LogP contribution in [0.25, 0.3) is 10.9 Å². The molecule has 0 spiro atoms. The molecule has 1 aromatic carbocycles. The van der Waals surface area contributed by atoms with Crippen molar-refractivity contribution >= 4 is 32.5 Å². The van der Waals surface area contributed by atoms with E-state index in [2.05, 4.69) is 58.3 Å². The maximum absolute atomic E-state index is 4.62. The fourth-order valence-electron chi connectivity index (χ4n) is 1.77. The van der Waals surface area contributed by atoms with E-state index in [0.29, 0.717) is 0 Å². The van der Waals surface area contributed by atoms with E-state index in [9.17, 15) is 0 Å². The summed E-state index contributed by atoms with van der Waals surface area (Å²) < 4.78 is 1.09. The molecule has 0 saturated carbocycles. The Balaban J connectivity index is 2.66. The van der Waals surface area contributed by atoms with Crippen LogP contribution in [0.3, 0.4) is 0 Å². The van der Waals surface area contributed by atoms with E-state index in [1.807, 2.05) is 6.07 Å². The first-order valence-corrected chi connectivity index (χ1v) is 6.37. The van der Waals surface area contributed by atoms with Gasteiger partial charge in [0.25, 0.3) is 0 Å². The van der Waals surface area contributed by atoms with Gasteiger partial charge in [-0.3, -0.25) is 4.98 Å². The molecule has 0 aliphatic rings. The van der Waals surface area contributed by atoms with Crippen molar-refractivity contribution in [2.45, 2.75) is 20.3 Å². The average molecular weight is 279 g/mol. The number of halogens is 1. The average Bonchev–Trinajstić information content (AvgIpc) is 2.30. The summed E-state index contributed by atoms with van der Waals surface area (Å²) in [5, 5.41) is 4.57. The molecule has 0 aliphatic carbocycles. The fourth-order valence-corrected chi connectivity index (χ4v) is 2.13. The molecule has 0 fully saturated rings. The molecule has 1 aromatic heterocycles. The smallest absolute Gasteiger partial charge is 0.0726 e. The lowest BCUT2D eigenvalue weighted by Crippen LogP contribution is -2.00. The van der Waals surface area contributed by atoms with Crippen molar-refractivity contribution in [3.63, 3.8) is 0 Å². The van der Waals surface area contributed by atoms with Gasteiger partial charge in [-0.25, -0.2) is 0 Å². The number of anilines is 1. The maximum Gasteiger partial charge on any atom is 0.0726 e. The molecule has 1 heterocycles. The fraction of sp³-hybridized carbons (Fsp3) is 0.308. The van der Waals surface area contributed by atoms with Crippen molar-refractivity contribution in [1.29, 1.82) is 0 Å². The Morgan fingerprint density at radius 2 is 2.06 bits per heavy atom. The molecule has 2 aromatic rings. The van der Waals surface area contributed by atoms with E-state index in [4.69, 9.17) is 0 Å². The Kier molecular flexibility index (Phi) is 3.44. The highest BCUT2D eigenvalue weighted by Gasteiger charge is 2.04. The van der Waals surface area contributed by atoms with E-state index in [1.165, 1.54) is 11.1 Å². The second-order valence-electron chi connectivity index (χ2n) is 3.71. The van der Waals surface area contributed by atoms with E-state index in [-0.39, 0.29) is 0 Å². The number of hydrogen-bond donors (Lipinski definition) is 1. The van der Waals surface area contributed by atoms with Gasteiger partial charge in [0.1, 0.15) is 0 Å². The summed E-state index contributed by atoms with van der Waals surface area (Å²) in [5.41, 5.74) is 3.36. The maximum atomic E-state index is 4.62. The number of hydrogen-bond acceptors (Lipinski definition) is 2. The van der Waals surface area contributed by atoms with Gasteiger partial charge in [-0.05, 0) is 37.6 Å². The molecule has 0 amide bonds.